The molecule has 1 aliphatic carbocycles. The van der Waals surface area contributed by atoms with Crippen LogP contribution in [0.15, 0.2) is 30.3 Å². The van der Waals surface area contributed by atoms with E-state index in [9.17, 15) is 14.4 Å². The van der Waals surface area contributed by atoms with Gasteiger partial charge in [-0.05, 0) is 50.5 Å². The van der Waals surface area contributed by atoms with Gasteiger partial charge in [0.25, 0.3) is 0 Å². The first kappa shape index (κ1) is 16.4. The third-order valence-corrected chi connectivity index (χ3v) is 4.88. The van der Waals surface area contributed by atoms with Crippen LogP contribution < -0.4 is 10.1 Å². The van der Waals surface area contributed by atoms with Crippen molar-refractivity contribution in [3.8, 4) is 5.75 Å². The van der Waals surface area contributed by atoms with Gasteiger partial charge in [0.2, 0.25) is 5.91 Å². The Balaban J connectivity index is 1.72. The summed E-state index contributed by atoms with van der Waals surface area (Å²) in [5.41, 5.74) is 1.24. The van der Waals surface area contributed by atoms with E-state index in [4.69, 9.17) is 4.74 Å². The molecule has 1 aromatic carbocycles. The normalized spacial score (nSPS) is 13.4. The Hall–Kier alpha value is -2.47. The number of aryl methyl sites for hydroxylation is 1. The molecule has 1 aromatic heterocycles. The van der Waals surface area contributed by atoms with Crippen LogP contribution in [0.25, 0.3) is 0 Å². The Morgan fingerprint density at radius 3 is 2.62 bits per heavy atom. The summed E-state index contributed by atoms with van der Waals surface area (Å²) in [6, 6.07) is 8.28. The average molecular weight is 343 g/mol. The maximum atomic E-state index is 12.4. The Morgan fingerprint density at radius 1 is 1.21 bits per heavy atom. The van der Waals surface area contributed by atoms with Crippen LogP contribution in [0.1, 0.15) is 45.4 Å². The highest BCUT2D eigenvalue weighted by Crippen LogP contribution is 2.33. The number of thiophene rings is 1. The summed E-state index contributed by atoms with van der Waals surface area (Å²) in [6.07, 6.45) is 1.86. The molecule has 1 aliphatic rings. The summed E-state index contributed by atoms with van der Waals surface area (Å²) in [7, 11) is 0. The third kappa shape index (κ3) is 3.71. The monoisotopic (exact) mass is 343 g/mol. The molecule has 0 atom stereocenters. The number of Topliss-reactive ketones (excluding diaryl/α,β-unsaturated/α-hetero) is 1. The zero-order valence-electron chi connectivity index (χ0n) is 13.4. The highest BCUT2D eigenvalue weighted by molar-refractivity contribution is 7.18. The Labute approximate surface area is 143 Å². The van der Waals surface area contributed by atoms with Crippen molar-refractivity contribution in [2.75, 3.05) is 5.32 Å². The molecule has 1 heterocycles. The molecule has 124 valence electrons. The molecule has 0 saturated heterocycles. The van der Waals surface area contributed by atoms with Crippen LogP contribution in [0, 0.1) is 12.8 Å². The molecule has 0 aliphatic heterocycles. The fourth-order valence-electron chi connectivity index (χ4n) is 2.25. The maximum Gasteiger partial charge on any atom is 0.354 e. The molecule has 1 amide bonds. The lowest BCUT2D eigenvalue weighted by Gasteiger charge is -2.04. The van der Waals surface area contributed by atoms with Crippen molar-refractivity contribution in [3.63, 3.8) is 0 Å². The summed E-state index contributed by atoms with van der Waals surface area (Å²) in [4.78, 5) is 36.0. The van der Waals surface area contributed by atoms with Gasteiger partial charge in [0.15, 0.2) is 5.78 Å². The van der Waals surface area contributed by atoms with E-state index < -0.39 is 5.97 Å². The van der Waals surface area contributed by atoms with E-state index in [-0.39, 0.29) is 17.6 Å². The van der Waals surface area contributed by atoms with Gasteiger partial charge < -0.3 is 10.1 Å². The van der Waals surface area contributed by atoms with Gasteiger partial charge in [-0.25, -0.2) is 4.79 Å². The minimum Gasteiger partial charge on any atom is -0.422 e. The van der Waals surface area contributed by atoms with Crippen molar-refractivity contribution < 1.29 is 19.1 Å². The summed E-state index contributed by atoms with van der Waals surface area (Å²) in [6.45, 7) is 3.26. The smallest absolute Gasteiger partial charge is 0.354 e. The zero-order valence-corrected chi connectivity index (χ0v) is 14.2. The summed E-state index contributed by atoms with van der Waals surface area (Å²) in [5.74, 6) is -0.151. The number of ketones is 1. The predicted molar refractivity (Wildman–Crippen MR) is 91.8 cm³/mol. The number of esters is 1. The number of rotatable bonds is 5. The molecule has 0 spiro atoms. The molecular formula is C18H17NO4S. The number of nitrogens with one attached hydrogen (secondary N) is 1. The van der Waals surface area contributed by atoms with E-state index in [0.717, 1.165) is 18.4 Å². The summed E-state index contributed by atoms with van der Waals surface area (Å²) >= 11 is 1.20. The SMILES string of the molecule is CC(=O)c1cccc(OC(=O)c2sc(NC(=O)C3CC3)cc2C)c1. The summed E-state index contributed by atoms with van der Waals surface area (Å²) < 4.78 is 5.36. The number of carbonyl (C=O) groups excluding carboxylic acids is 3. The van der Waals surface area contributed by atoms with Gasteiger partial charge in [0.05, 0.1) is 5.00 Å². The molecule has 5 nitrogen and oxygen atoms in total. The number of ether oxygens (including phenoxy) is 1. The van der Waals surface area contributed by atoms with Gasteiger partial charge in [0.1, 0.15) is 10.6 Å². The van der Waals surface area contributed by atoms with E-state index in [1.165, 1.54) is 18.3 Å². The molecule has 0 radical (unpaired) electrons. The molecule has 1 N–H and O–H groups in total. The van der Waals surface area contributed by atoms with Crippen LogP contribution in [0.2, 0.25) is 0 Å². The van der Waals surface area contributed by atoms with Crippen LogP contribution in [0.4, 0.5) is 5.00 Å². The second kappa shape index (κ2) is 6.57. The van der Waals surface area contributed by atoms with Crippen LogP contribution in [0.5, 0.6) is 5.75 Å². The van der Waals surface area contributed by atoms with Crippen molar-refractivity contribution in [2.45, 2.75) is 26.7 Å². The van der Waals surface area contributed by atoms with Gasteiger partial charge in [0, 0.05) is 11.5 Å². The zero-order chi connectivity index (χ0) is 17.3. The Kier molecular flexibility index (Phi) is 4.49. The van der Waals surface area contributed by atoms with Crippen LogP contribution in [0.3, 0.4) is 0 Å². The second-order valence-corrected chi connectivity index (χ2v) is 6.91. The molecule has 0 unspecified atom stereocenters. The number of carbonyl (C=O) groups is 3. The number of amides is 1. The lowest BCUT2D eigenvalue weighted by Crippen LogP contribution is -2.12. The van der Waals surface area contributed by atoms with Crippen molar-refractivity contribution in [1.82, 2.24) is 0 Å². The number of benzene rings is 1. The maximum absolute atomic E-state index is 12.4. The first-order valence-electron chi connectivity index (χ1n) is 7.68. The van der Waals surface area contributed by atoms with Gasteiger partial charge >= 0.3 is 5.97 Å². The second-order valence-electron chi connectivity index (χ2n) is 5.86. The number of hydrogen-bond donors (Lipinski definition) is 1. The van der Waals surface area contributed by atoms with Crippen molar-refractivity contribution in [3.05, 3.63) is 46.3 Å². The van der Waals surface area contributed by atoms with Crippen molar-refractivity contribution >= 4 is 34.0 Å². The molecule has 6 heteroatoms. The van der Waals surface area contributed by atoms with Gasteiger partial charge in [-0.2, -0.15) is 0 Å². The standard InChI is InChI=1S/C18H17NO4S/c1-10-8-15(19-17(21)12-6-7-12)24-16(10)18(22)23-14-5-3-4-13(9-14)11(2)20/h3-5,8-9,12H,6-7H2,1-2H3,(H,19,21). The van der Waals surface area contributed by atoms with Gasteiger partial charge in [-0.15, -0.1) is 11.3 Å². The minimum absolute atomic E-state index is 0.00493. The summed E-state index contributed by atoms with van der Waals surface area (Å²) in [5, 5.41) is 3.48. The lowest BCUT2D eigenvalue weighted by molar-refractivity contribution is -0.117. The Morgan fingerprint density at radius 2 is 1.96 bits per heavy atom. The predicted octanol–water partition coefficient (Wildman–Crippen LogP) is 3.83. The average Bonchev–Trinajstić information content (AvgIpc) is 3.32. The van der Waals surface area contributed by atoms with E-state index >= 15 is 0 Å². The largest absolute Gasteiger partial charge is 0.422 e. The highest BCUT2D eigenvalue weighted by Gasteiger charge is 2.30. The van der Waals surface area contributed by atoms with E-state index in [1.807, 2.05) is 0 Å². The quantitative estimate of drug-likeness (QED) is 0.509. The molecule has 1 saturated carbocycles. The molecule has 3 rings (SSSR count). The third-order valence-electron chi connectivity index (χ3n) is 3.75. The number of hydrogen-bond acceptors (Lipinski definition) is 5. The molecule has 24 heavy (non-hydrogen) atoms. The molecular weight excluding hydrogens is 326 g/mol. The minimum atomic E-state index is -0.495. The van der Waals surface area contributed by atoms with Crippen LogP contribution in [-0.4, -0.2) is 17.7 Å². The lowest BCUT2D eigenvalue weighted by atomic mass is 10.1. The van der Waals surface area contributed by atoms with E-state index in [1.54, 1.807) is 37.3 Å². The van der Waals surface area contributed by atoms with Crippen molar-refractivity contribution in [1.29, 1.82) is 0 Å². The topological polar surface area (TPSA) is 72.5 Å². The van der Waals surface area contributed by atoms with E-state index in [0.29, 0.717) is 21.2 Å². The Bertz CT molecular complexity index is 820. The first-order chi connectivity index (χ1) is 11.4. The van der Waals surface area contributed by atoms with Gasteiger partial charge in [-0.1, -0.05) is 12.1 Å². The van der Waals surface area contributed by atoms with Crippen molar-refractivity contribution in [2.24, 2.45) is 5.92 Å². The highest BCUT2D eigenvalue weighted by atomic mass is 32.1. The first-order valence-corrected chi connectivity index (χ1v) is 8.50. The molecule has 1 fully saturated rings. The fraction of sp³-hybridized carbons (Fsp3) is 0.278. The number of anilines is 1. The van der Waals surface area contributed by atoms with E-state index in [2.05, 4.69) is 5.32 Å². The fourth-order valence-corrected chi connectivity index (χ4v) is 3.20. The van der Waals surface area contributed by atoms with Crippen LogP contribution in [-0.2, 0) is 4.79 Å². The van der Waals surface area contributed by atoms with Crippen LogP contribution >= 0.6 is 11.3 Å². The molecule has 2 aromatic rings. The van der Waals surface area contributed by atoms with Gasteiger partial charge in [-0.3, -0.25) is 9.59 Å². The molecule has 0 bridgehead atoms.